The Morgan fingerprint density at radius 1 is 1.22 bits per heavy atom. The number of carbonyl (C=O) groups is 1. The molecule has 0 saturated carbocycles. The number of aromatic nitrogens is 1. The van der Waals surface area contributed by atoms with E-state index in [9.17, 15) is 18.0 Å². The molecular weight excluding hydrogens is 491 g/mol. The summed E-state index contributed by atoms with van der Waals surface area (Å²) in [5.74, 6) is -0.640. The maximum atomic E-state index is 13.5. The highest BCUT2D eigenvalue weighted by atomic mass is 32.1. The molecule has 10 heteroatoms. The standard InChI is InChI=1S/C26H34F3N3O3S/c1-25(2,3)22-15-32(14-19-8-6-12-34-19)24(36-22)31-23(33)20-13-17(26(27,28)29)9-10-21(20)35-16-18-7-4-5-11-30-18/h9-10,13,15,18-19,30H,4-8,11-12,14,16H2,1-3H3/t18-,19-/m1/s1. The van der Waals surface area contributed by atoms with E-state index in [1.807, 2.05) is 10.8 Å². The molecule has 1 aromatic carbocycles. The van der Waals surface area contributed by atoms with Crippen LogP contribution < -0.4 is 14.9 Å². The van der Waals surface area contributed by atoms with E-state index in [0.29, 0.717) is 18.0 Å². The Labute approximate surface area is 213 Å². The number of alkyl halides is 3. The number of hydrogen-bond acceptors (Lipinski definition) is 5. The zero-order valence-corrected chi connectivity index (χ0v) is 21.8. The van der Waals surface area contributed by atoms with Crippen molar-refractivity contribution in [1.29, 1.82) is 0 Å². The smallest absolute Gasteiger partial charge is 0.416 e. The highest BCUT2D eigenvalue weighted by Crippen LogP contribution is 2.33. The number of nitrogens with zero attached hydrogens (tertiary/aromatic N) is 2. The molecule has 0 aliphatic carbocycles. The Balaban J connectivity index is 1.68. The van der Waals surface area contributed by atoms with Gasteiger partial charge in [-0.3, -0.25) is 4.79 Å². The fourth-order valence-electron chi connectivity index (χ4n) is 4.36. The molecule has 2 atom stereocenters. The van der Waals surface area contributed by atoms with Crippen LogP contribution in [0.4, 0.5) is 13.2 Å². The first-order valence-corrected chi connectivity index (χ1v) is 13.3. The van der Waals surface area contributed by atoms with Crippen LogP contribution in [0.3, 0.4) is 0 Å². The lowest BCUT2D eigenvalue weighted by molar-refractivity contribution is -0.137. The van der Waals surface area contributed by atoms with Crippen LogP contribution in [0.15, 0.2) is 29.4 Å². The molecule has 2 fully saturated rings. The molecule has 2 aromatic rings. The molecule has 198 valence electrons. The first kappa shape index (κ1) is 26.9. The minimum atomic E-state index is -4.58. The molecule has 1 amide bonds. The number of benzene rings is 1. The van der Waals surface area contributed by atoms with Gasteiger partial charge in [-0.05, 0) is 55.8 Å². The number of amides is 1. The fourth-order valence-corrected chi connectivity index (χ4v) is 5.41. The number of hydrogen-bond donors (Lipinski definition) is 1. The number of thiazole rings is 1. The molecule has 0 radical (unpaired) electrons. The molecule has 3 heterocycles. The van der Waals surface area contributed by atoms with Crippen molar-refractivity contribution < 1.29 is 27.4 Å². The summed E-state index contributed by atoms with van der Waals surface area (Å²) in [6, 6.07) is 3.12. The highest BCUT2D eigenvalue weighted by Gasteiger charge is 2.32. The third-order valence-corrected chi connectivity index (χ3v) is 7.92. The Bertz CT molecular complexity index is 1120. The van der Waals surface area contributed by atoms with Crippen molar-refractivity contribution in [2.75, 3.05) is 19.8 Å². The van der Waals surface area contributed by atoms with Gasteiger partial charge in [0.25, 0.3) is 5.91 Å². The second-order valence-electron chi connectivity index (χ2n) is 10.5. The number of rotatable bonds is 6. The van der Waals surface area contributed by atoms with Gasteiger partial charge < -0.3 is 19.4 Å². The molecule has 0 unspecified atom stereocenters. The third-order valence-electron chi connectivity index (χ3n) is 6.47. The van der Waals surface area contributed by atoms with Gasteiger partial charge in [-0.2, -0.15) is 18.2 Å². The van der Waals surface area contributed by atoms with Crippen LogP contribution in [0.1, 0.15) is 73.7 Å². The summed E-state index contributed by atoms with van der Waals surface area (Å²) >= 11 is 1.37. The van der Waals surface area contributed by atoms with E-state index in [4.69, 9.17) is 9.47 Å². The zero-order chi connectivity index (χ0) is 25.9. The highest BCUT2D eigenvalue weighted by molar-refractivity contribution is 7.09. The molecule has 4 rings (SSSR count). The Hall–Kier alpha value is -2.17. The van der Waals surface area contributed by atoms with Crippen molar-refractivity contribution in [2.24, 2.45) is 4.99 Å². The van der Waals surface area contributed by atoms with Crippen LogP contribution in [0.2, 0.25) is 0 Å². The first-order valence-electron chi connectivity index (χ1n) is 12.5. The van der Waals surface area contributed by atoms with E-state index < -0.39 is 17.6 Å². The van der Waals surface area contributed by atoms with Crippen LogP contribution in [0.5, 0.6) is 5.75 Å². The molecule has 0 spiro atoms. The molecule has 2 saturated heterocycles. The molecule has 36 heavy (non-hydrogen) atoms. The van der Waals surface area contributed by atoms with Gasteiger partial charge in [-0.1, -0.05) is 27.2 Å². The average Bonchev–Trinajstić information content (AvgIpc) is 3.48. The number of nitrogens with one attached hydrogen (secondary N) is 1. The van der Waals surface area contributed by atoms with E-state index in [1.165, 1.54) is 17.4 Å². The fraction of sp³-hybridized carbons (Fsp3) is 0.615. The van der Waals surface area contributed by atoms with Crippen LogP contribution >= 0.6 is 11.3 Å². The van der Waals surface area contributed by atoms with Crippen LogP contribution in [0, 0.1) is 0 Å². The molecule has 1 N–H and O–H groups in total. The summed E-state index contributed by atoms with van der Waals surface area (Å²) in [5, 5.41) is 3.35. The van der Waals surface area contributed by atoms with Gasteiger partial charge in [0.1, 0.15) is 12.4 Å². The Morgan fingerprint density at radius 3 is 2.67 bits per heavy atom. The van der Waals surface area contributed by atoms with Crippen molar-refractivity contribution in [3.05, 3.63) is 45.2 Å². The molecule has 2 aliphatic rings. The predicted octanol–water partition coefficient (Wildman–Crippen LogP) is 5.31. The molecule has 0 bridgehead atoms. The summed E-state index contributed by atoms with van der Waals surface area (Å²) in [7, 11) is 0. The second-order valence-corrected chi connectivity index (χ2v) is 11.5. The van der Waals surface area contributed by atoms with Crippen LogP contribution in [0.25, 0.3) is 0 Å². The lowest BCUT2D eigenvalue weighted by atomic mass is 9.95. The van der Waals surface area contributed by atoms with Gasteiger partial charge in [-0.25, -0.2) is 0 Å². The van der Waals surface area contributed by atoms with Gasteiger partial charge in [0.15, 0.2) is 4.80 Å². The van der Waals surface area contributed by atoms with Crippen molar-refractivity contribution in [1.82, 2.24) is 9.88 Å². The molecule has 6 nitrogen and oxygen atoms in total. The maximum Gasteiger partial charge on any atom is 0.416 e. The molecular formula is C26H34F3N3O3S. The second kappa shape index (κ2) is 11.1. The van der Waals surface area contributed by atoms with E-state index in [2.05, 4.69) is 31.1 Å². The Morgan fingerprint density at radius 2 is 2.03 bits per heavy atom. The van der Waals surface area contributed by atoms with Gasteiger partial charge in [0, 0.05) is 23.7 Å². The van der Waals surface area contributed by atoms with Crippen molar-refractivity contribution in [3.63, 3.8) is 0 Å². The van der Waals surface area contributed by atoms with E-state index in [-0.39, 0.29) is 35.5 Å². The summed E-state index contributed by atoms with van der Waals surface area (Å²) < 4.78 is 54.0. The number of halogens is 3. The van der Waals surface area contributed by atoms with Gasteiger partial charge >= 0.3 is 6.18 Å². The molecule has 1 aromatic heterocycles. The summed E-state index contributed by atoms with van der Waals surface area (Å²) in [4.78, 5) is 19.1. The van der Waals surface area contributed by atoms with Gasteiger partial charge in [0.2, 0.25) is 0 Å². The maximum absolute atomic E-state index is 13.5. The lowest BCUT2D eigenvalue weighted by Crippen LogP contribution is -2.38. The summed E-state index contributed by atoms with van der Waals surface area (Å²) in [6.45, 7) is 8.60. The van der Waals surface area contributed by atoms with E-state index in [1.54, 1.807) is 0 Å². The van der Waals surface area contributed by atoms with Crippen LogP contribution in [-0.4, -0.2) is 42.4 Å². The van der Waals surface area contributed by atoms with E-state index >= 15 is 0 Å². The summed E-state index contributed by atoms with van der Waals surface area (Å²) in [5.41, 5.74) is -1.26. The van der Waals surface area contributed by atoms with Crippen LogP contribution in [-0.2, 0) is 22.9 Å². The average molecular weight is 526 g/mol. The first-order chi connectivity index (χ1) is 17.0. The largest absolute Gasteiger partial charge is 0.491 e. The molecule has 2 aliphatic heterocycles. The normalized spacial score (nSPS) is 21.7. The summed E-state index contributed by atoms with van der Waals surface area (Å²) in [6.07, 6.45) is 2.38. The lowest BCUT2D eigenvalue weighted by Gasteiger charge is -2.24. The number of ether oxygens (including phenoxy) is 2. The number of piperidine rings is 1. The minimum Gasteiger partial charge on any atom is -0.491 e. The van der Waals surface area contributed by atoms with E-state index in [0.717, 1.165) is 55.7 Å². The van der Waals surface area contributed by atoms with Crippen molar-refractivity contribution >= 4 is 17.2 Å². The monoisotopic (exact) mass is 525 g/mol. The minimum absolute atomic E-state index is 0.0249. The quantitative estimate of drug-likeness (QED) is 0.556. The zero-order valence-electron chi connectivity index (χ0n) is 21.0. The third kappa shape index (κ3) is 6.77. The SMILES string of the molecule is CC(C)(C)c1cn(C[C@H]2CCCO2)c(=NC(=O)c2cc(C(F)(F)F)ccc2OC[C@H]2CCCCN2)s1. The topological polar surface area (TPSA) is 64.9 Å². The van der Waals surface area contributed by atoms with Gasteiger partial charge in [-0.15, -0.1) is 11.3 Å². The van der Waals surface area contributed by atoms with Gasteiger partial charge in [0.05, 0.1) is 23.8 Å². The predicted molar refractivity (Wildman–Crippen MR) is 132 cm³/mol. The van der Waals surface area contributed by atoms with Crippen molar-refractivity contribution in [3.8, 4) is 5.75 Å². The number of carbonyl (C=O) groups excluding carboxylic acids is 1. The van der Waals surface area contributed by atoms with Crippen molar-refractivity contribution in [2.45, 2.75) is 83.2 Å². The Kier molecular flexibility index (Phi) is 8.26.